The van der Waals surface area contributed by atoms with Crippen molar-refractivity contribution in [3.8, 4) is 0 Å². The van der Waals surface area contributed by atoms with E-state index >= 15 is 0 Å². The maximum Gasteiger partial charge on any atom is 0.277 e. The maximum atomic E-state index is 14.4. The van der Waals surface area contributed by atoms with Crippen molar-refractivity contribution < 1.29 is 41.7 Å². The number of hydrogen-bond donors (Lipinski definition) is 3. The zero-order chi connectivity index (χ0) is 27.1. The summed E-state index contributed by atoms with van der Waals surface area (Å²) in [5, 5.41) is 12.4. The van der Waals surface area contributed by atoms with Crippen molar-refractivity contribution >= 4 is 25.7 Å². The van der Waals surface area contributed by atoms with Crippen molar-refractivity contribution in [2.45, 2.75) is 40.7 Å². The molecule has 2 rings (SSSR count). The molecule has 2 aromatic rings. The molecule has 12 heteroatoms. The molecular weight excluding hydrogens is 500 g/mol. The van der Waals surface area contributed by atoms with Crippen LogP contribution < -0.4 is 10.8 Å². The Hall–Kier alpha value is -2.27. The highest BCUT2D eigenvalue weighted by Crippen LogP contribution is 2.37. The summed E-state index contributed by atoms with van der Waals surface area (Å²) in [6.45, 7) is 9.79. The van der Waals surface area contributed by atoms with Gasteiger partial charge in [0.05, 0.1) is 36.8 Å². The molecule has 0 radical (unpaired) electrons. The van der Waals surface area contributed by atoms with Crippen LogP contribution in [-0.4, -0.2) is 49.9 Å². The van der Waals surface area contributed by atoms with Crippen molar-refractivity contribution in [1.29, 1.82) is 0 Å². The zero-order valence-electron chi connectivity index (χ0n) is 21.1. The smallest absolute Gasteiger partial charge is 0.277 e. The number of benzene rings is 2. The quantitative estimate of drug-likeness (QED) is 0.216. The highest BCUT2D eigenvalue weighted by molar-refractivity contribution is 7.47. The Morgan fingerprint density at radius 2 is 1.69 bits per heavy atom. The van der Waals surface area contributed by atoms with Crippen molar-refractivity contribution in [2.24, 2.45) is 0 Å². The van der Waals surface area contributed by atoms with Crippen LogP contribution in [0.4, 0.5) is 24.5 Å². The van der Waals surface area contributed by atoms with E-state index in [1.165, 1.54) is 12.1 Å². The Morgan fingerprint density at radius 3 is 2.31 bits per heavy atom. The standard InChI is InChI=1S/C22H28F3N2O6P.C2H6/c1-4-32-34(33-5-2)13-30-11-15(28)12-31-27-22(29)16-7-8-17(23)20(25)21(16)26-19-9-6-14(3)10-18(19)24;1-2/h6-10,15,26,28H,4-5,11-13H2,1-3H3,(H,27,29);1-2H3. The van der Waals surface area contributed by atoms with Crippen molar-refractivity contribution in [3.05, 3.63) is 58.9 Å². The van der Waals surface area contributed by atoms with E-state index in [2.05, 4.69) is 5.32 Å². The lowest BCUT2D eigenvalue weighted by molar-refractivity contribution is -0.0398. The van der Waals surface area contributed by atoms with E-state index in [0.29, 0.717) is 18.8 Å². The minimum Gasteiger partial charge on any atom is -0.388 e. The van der Waals surface area contributed by atoms with E-state index < -0.39 is 43.5 Å². The van der Waals surface area contributed by atoms with E-state index in [-0.39, 0.29) is 30.8 Å². The third kappa shape index (κ3) is 10.4. The van der Waals surface area contributed by atoms with Gasteiger partial charge < -0.3 is 24.2 Å². The number of carbonyl (C=O) groups is 1. The summed E-state index contributed by atoms with van der Waals surface area (Å²) in [5.41, 5.74) is 1.64. The summed E-state index contributed by atoms with van der Waals surface area (Å²) < 4.78 is 58.5. The van der Waals surface area contributed by atoms with Crippen LogP contribution in [0.15, 0.2) is 30.3 Å². The predicted molar refractivity (Wildman–Crippen MR) is 133 cm³/mol. The van der Waals surface area contributed by atoms with Crippen molar-refractivity contribution in [2.75, 3.05) is 38.1 Å². The number of amides is 1. The van der Waals surface area contributed by atoms with Gasteiger partial charge in [-0.2, -0.15) is 0 Å². The second kappa shape index (κ2) is 17.2. The lowest BCUT2D eigenvalue weighted by Crippen LogP contribution is -2.31. The average Bonchev–Trinajstić information content (AvgIpc) is 2.85. The minimum atomic E-state index is -1.36. The molecule has 202 valence electrons. The number of carbonyl (C=O) groups excluding carboxylic acids is 1. The molecule has 2 aromatic carbocycles. The topological polar surface area (TPSA) is 98.3 Å². The first-order valence-corrected chi connectivity index (χ1v) is 12.9. The number of ether oxygens (including phenoxy) is 1. The monoisotopic (exact) mass is 534 g/mol. The molecule has 0 aliphatic heterocycles. The number of nitrogens with one attached hydrogen (secondary N) is 2. The summed E-state index contributed by atoms with van der Waals surface area (Å²) in [4.78, 5) is 17.5. The molecule has 1 amide bonds. The van der Waals surface area contributed by atoms with E-state index in [0.717, 1.165) is 12.1 Å². The van der Waals surface area contributed by atoms with Gasteiger partial charge in [-0.05, 0) is 50.6 Å². The normalized spacial score (nSPS) is 11.6. The van der Waals surface area contributed by atoms with Gasteiger partial charge in [0.1, 0.15) is 24.9 Å². The first-order valence-electron chi connectivity index (χ1n) is 11.5. The largest absolute Gasteiger partial charge is 0.388 e. The fraction of sp³-hybridized carbons (Fsp3) is 0.458. The summed E-state index contributed by atoms with van der Waals surface area (Å²) in [5.74, 6) is -4.22. The molecule has 0 aliphatic rings. The van der Waals surface area contributed by atoms with Gasteiger partial charge in [-0.15, -0.1) is 0 Å². The fourth-order valence-electron chi connectivity index (χ4n) is 2.69. The fourth-order valence-corrected chi connectivity index (χ4v) is 3.74. The number of hydroxylamine groups is 1. The van der Waals surface area contributed by atoms with Gasteiger partial charge in [0, 0.05) is 0 Å². The Morgan fingerprint density at radius 1 is 1.03 bits per heavy atom. The summed E-state index contributed by atoms with van der Waals surface area (Å²) in [6.07, 6.45) is -0.940. The first kappa shape index (κ1) is 31.8. The molecule has 0 spiro atoms. The number of aliphatic hydroxyl groups is 1. The zero-order valence-corrected chi connectivity index (χ0v) is 22.0. The highest BCUT2D eigenvalue weighted by Gasteiger charge is 2.21. The van der Waals surface area contributed by atoms with Crippen LogP contribution in [0.25, 0.3) is 0 Å². The van der Waals surface area contributed by atoms with Crippen LogP contribution in [0.1, 0.15) is 43.6 Å². The Labute approximate surface area is 211 Å². The van der Waals surface area contributed by atoms with Gasteiger partial charge in [-0.25, -0.2) is 18.7 Å². The second-order valence-corrected chi connectivity index (χ2v) is 8.40. The molecule has 0 fully saturated rings. The molecule has 0 saturated carbocycles. The minimum absolute atomic E-state index is 0.112. The number of rotatable bonds is 14. The van der Waals surface area contributed by atoms with Crippen molar-refractivity contribution in [3.63, 3.8) is 0 Å². The van der Waals surface area contributed by atoms with Crippen LogP contribution in [0.3, 0.4) is 0 Å². The molecular formula is C24H34F3N2O6P. The maximum absolute atomic E-state index is 14.4. The molecule has 0 heterocycles. The second-order valence-electron chi connectivity index (χ2n) is 6.96. The molecule has 8 nitrogen and oxygen atoms in total. The van der Waals surface area contributed by atoms with Crippen molar-refractivity contribution in [1.82, 2.24) is 5.48 Å². The Kier molecular flexibility index (Phi) is 15.2. The first-order chi connectivity index (χ1) is 17.3. The van der Waals surface area contributed by atoms with Crippen LogP contribution in [0.5, 0.6) is 0 Å². The molecule has 0 aromatic heterocycles. The summed E-state index contributed by atoms with van der Waals surface area (Å²) in [6, 6.07) is 5.90. The van der Waals surface area contributed by atoms with Gasteiger partial charge in [-0.1, -0.05) is 19.9 Å². The average molecular weight is 535 g/mol. The van der Waals surface area contributed by atoms with E-state index in [1.807, 2.05) is 33.2 Å². The lowest BCUT2D eigenvalue weighted by Gasteiger charge is -2.17. The highest BCUT2D eigenvalue weighted by atomic mass is 31.2. The molecule has 1 unspecified atom stereocenters. The van der Waals surface area contributed by atoms with Gasteiger partial charge >= 0.3 is 0 Å². The van der Waals surface area contributed by atoms with E-state index in [4.69, 9.17) is 18.6 Å². The molecule has 0 bridgehead atoms. The Balaban J connectivity index is 0.00000316. The van der Waals surface area contributed by atoms with E-state index in [1.54, 1.807) is 13.0 Å². The SMILES string of the molecule is CC.CCOP(COCC(O)CONC(=O)c1ccc(F)c(F)c1Nc1ccc(C)cc1F)OCC. The van der Waals surface area contributed by atoms with Gasteiger partial charge in [0.25, 0.3) is 5.91 Å². The van der Waals surface area contributed by atoms with Crippen LogP contribution in [-0.2, 0) is 18.6 Å². The summed E-state index contributed by atoms with van der Waals surface area (Å²) >= 11 is 0. The van der Waals surface area contributed by atoms with Crippen LogP contribution in [0.2, 0.25) is 0 Å². The molecule has 3 N–H and O–H groups in total. The molecule has 0 aliphatic carbocycles. The third-order valence-corrected chi connectivity index (χ3v) is 5.70. The number of hydrogen-bond acceptors (Lipinski definition) is 7. The molecule has 36 heavy (non-hydrogen) atoms. The van der Waals surface area contributed by atoms with Gasteiger partial charge in [0.15, 0.2) is 20.0 Å². The third-order valence-electron chi connectivity index (χ3n) is 4.22. The number of anilines is 2. The Bertz CT molecular complexity index is 948. The van der Waals surface area contributed by atoms with Crippen LogP contribution in [0, 0.1) is 24.4 Å². The molecule has 0 saturated heterocycles. The summed E-state index contributed by atoms with van der Waals surface area (Å²) in [7, 11) is -1.22. The van der Waals surface area contributed by atoms with E-state index in [9.17, 15) is 23.1 Å². The number of halogens is 3. The predicted octanol–water partition coefficient (Wildman–Crippen LogP) is 5.56. The van der Waals surface area contributed by atoms with Gasteiger partial charge in [-0.3, -0.25) is 9.63 Å². The number of aliphatic hydroxyl groups excluding tert-OH is 1. The van der Waals surface area contributed by atoms with Crippen LogP contribution >= 0.6 is 8.38 Å². The lowest BCUT2D eigenvalue weighted by atomic mass is 10.1. The number of aryl methyl sites for hydroxylation is 1. The molecule has 1 atom stereocenters. The van der Waals surface area contributed by atoms with Gasteiger partial charge in [0.2, 0.25) is 0 Å².